The summed E-state index contributed by atoms with van der Waals surface area (Å²) in [4.78, 5) is 26.4. The first-order valence-electron chi connectivity index (χ1n) is 9.13. The third kappa shape index (κ3) is 6.74. The van der Waals surface area contributed by atoms with Gasteiger partial charge in [0.15, 0.2) is 6.54 Å². The Labute approximate surface area is 156 Å². The molecule has 2 rings (SSSR count). The van der Waals surface area contributed by atoms with Crippen LogP contribution < -0.4 is 20.4 Å². The zero-order valence-corrected chi connectivity index (χ0v) is 15.4. The maximum absolute atomic E-state index is 12.8. The van der Waals surface area contributed by atoms with E-state index in [1.807, 2.05) is 11.8 Å². The average molecular weight is 387 g/mol. The molecule has 0 saturated carbocycles. The highest BCUT2D eigenvalue weighted by atomic mass is 19.4. The summed E-state index contributed by atoms with van der Waals surface area (Å²) in [6, 6.07) is 4.78. The van der Waals surface area contributed by atoms with Crippen LogP contribution in [0.15, 0.2) is 24.3 Å². The number of alkyl halides is 3. The van der Waals surface area contributed by atoms with E-state index < -0.39 is 17.8 Å². The Balaban J connectivity index is 1.78. The van der Waals surface area contributed by atoms with Crippen molar-refractivity contribution in [2.75, 3.05) is 44.2 Å². The Kier molecular flexibility index (Phi) is 7.46. The molecule has 27 heavy (non-hydrogen) atoms. The molecule has 1 fully saturated rings. The third-order valence-corrected chi connectivity index (χ3v) is 4.49. The molecule has 1 aromatic rings. The molecule has 1 aromatic carbocycles. The van der Waals surface area contributed by atoms with Gasteiger partial charge in [-0.15, -0.1) is 0 Å². The van der Waals surface area contributed by atoms with Gasteiger partial charge in [-0.2, -0.15) is 13.2 Å². The lowest BCUT2D eigenvalue weighted by Gasteiger charge is -2.33. The lowest BCUT2D eigenvalue weighted by molar-refractivity contribution is -0.892. The highest BCUT2D eigenvalue weighted by Gasteiger charge is 2.31. The van der Waals surface area contributed by atoms with Crippen LogP contribution in [0.25, 0.3) is 0 Å². The highest BCUT2D eigenvalue weighted by molar-refractivity contribution is 5.94. The molecule has 3 amide bonds. The number of carbonyl (C=O) groups excluding carboxylic acids is 2. The number of carbonyl (C=O) groups is 2. The molecule has 0 aliphatic carbocycles. The van der Waals surface area contributed by atoms with Crippen LogP contribution in [0.2, 0.25) is 0 Å². The van der Waals surface area contributed by atoms with Gasteiger partial charge in [-0.1, -0.05) is 19.4 Å². The van der Waals surface area contributed by atoms with Crippen LogP contribution in [0, 0.1) is 0 Å². The van der Waals surface area contributed by atoms with Crippen molar-refractivity contribution < 1.29 is 27.7 Å². The van der Waals surface area contributed by atoms with Crippen molar-refractivity contribution in [2.24, 2.45) is 0 Å². The third-order valence-electron chi connectivity index (χ3n) is 4.49. The molecule has 0 radical (unpaired) electrons. The Morgan fingerprint density at radius 3 is 2.56 bits per heavy atom. The van der Waals surface area contributed by atoms with E-state index in [-0.39, 0.29) is 12.5 Å². The Bertz CT molecular complexity index is 644. The van der Waals surface area contributed by atoms with E-state index in [2.05, 4.69) is 10.6 Å². The van der Waals surface area contributed by atoms with Gasteiger partial charge in [0.25, 0.3) is 5.91 Å². The molecule has 1 aliphatic heterocycles. The first-order valence-corrected chi connectivity index (χ1v) is 9.13. The lowest BCUT2D eigenvalue weighted by Crippen LogP contribution is -3.16. The maximum Gasteiger partial charge on any atom is 0.416 e. The van der Waals surface area contributed by atoms with Gasteiger partial charge in [0.05, 0.1) is 31.7 Å². The second kappa shape index (κ2) is 9.59. The number of hydrogen-bond donors (Lipinski definition) is 3. The second-order valence-electron chi connectivity index (χ2n) is 6.62. The van der Waals surface area contributed by atoms with E-state index >= 15 is 0 Å². The fourth-order valence-electron chi connectivity index (χ4n) is 2.96. The summed E-state index contributed by atoms with van der Waals surface area (Å²) in [6.45, 7) is 5.02. The van der Waals surface area contributed by atoms with Crippen molar-refractivity contribution in [1.29, 1.82) is 0 Å². The predicted molar refractivity (Wildman–Crippen MR) is 95.7 cm³/mol. The van der Waals surface area contributed by atoms with Crippen molar-refractivity contribution in [3.63, 3.8) is 0 Å². The number of rotatable bonds is 6. The number of anilines is 1. The van der Waals surface area contributed by atoms with Gasteiger partial charge in [0, 0.05) is 12.2 Å². The molecule has 0 aromatic heterocycles. The monoisotopic (exact) mass is 387 g/mol. The topological polar surface area (TPSA) is 65.9 Å². The predicted octanol–water partition coefficient (Wildman–Crippen LogP) is 1.04. The van der Waals surface area contributed by atoms with Crippen molar-refractivity contribution in [2.45, 2.75) is 25.9 Å². The molecule has 3 N–H and O–H groups in total. The summed E-state index contributed by atoms with van der Waals surface area (Å²) in [5, 5.41) is 4.92. The first kappa shape index (κ1) is 21.0. The largest absolute Gasteiger partial charge is 0.416 e. The lowest BCUT2D eigenvalue weighted by atomic mass is 10.1. The highest BCUT2D eigenvalue weighted by Crippen LogP contribution is 2.31. The number of halogens is 3. The van der Waals surface area contributed by atoms with Crippen LogP contribution in [0.5, 0.6) is 0 Å². The summed E-state index contributed by atoms with van der Waals surface area (Å²) in [6.07, 6.45) is -2.56. The average Bonchev–Trinajstić information content (AvgIpc) is 2.62. The molecule has 9 heteroatoms. The maximum atomic E-state index is 12.8. The van der Waals surface area contributed by atoms with Gasteiger partial charge in [0.2, 0.25) is 0 Å². The van der Waals surface area contributed by atoms with E-state index in [0.717, 1.165) is 29.9 Å². The zero-order valence-electron chi connectivity index (χ0n) is 15.4. The molecule has 0 unspecified atom stereocenters. The fourth-order valence-corrected chi connectivity index (χ4v) is 2.96. The Morgan fingerprint density at radius 2 is 1.93 bits per heavy atom. The number of piperazine rings is 1. The van der Waals surface area contributed by atoms with Crippen LogP contribution >= 0.6 is 0 Å². The molecule has 1 saturated heterocycles. The van der Waals surface area contributed by atoms with Crippen molar-refractivity contribution in [3.8, 4) is 0 Å². The molecular formula is C18H26F3N4O2+. The standard InChI is InChI=1S/C18H25F3N4O2/c1-2-3-7-22-17(27)23-16(26)13-24-8-10-25(11-9-24)15-6-4-5-14(12-15)18(19,20)21/h4-6,12H,2-3,7-11,13H2,1H3,(H2,22,23,26,27)/p+1. The van der Waals surface area contributed by atoms with Gasteiger partial charge in [0.1, 0.15) is 0 Å². The van der Waals surface area contributed by atoms with Crippen molar-refractivity contribution in [3.05, 3.63) is 29.8 Å². The Hall–Kier alpha value is -2.29. The first-order chi connectivity index (χ1) is 12.8. The second-order valence-corrected chi connectivity index (χ2v) is 6.62. The zero-order chi connectivity index (χ0) is 19.9. The molecule has 150 valence electrons. The minimum atomic E-state index is -4.36. The number of unbranched alkanes of at least 4 members (excludes halogenated alkanes) is 1. The van der Waals surface area contributed by atoms with E-state index in [4.69, 9.17) is 0 Å². The van der Waals surface area contributed by atoms with E-state index in [1.165, 1.54) is 6.07 Å². The molecule has 6 nitrogen and oxygen atoms in total. The molecule has 1 aliphatic rings. The number of hydrogen-bond acceptors (Lipinski definition) is 3. The number of imide groups is 1. The van der Waals surface area contributed by atoms with Crippen LogP contribution in [0.4, 0.5) is 23.7 Å². The summed E-state index contributed by atoms with van der Waals surface area (Å²) < 4.78 is 38.5. The van der Waals surface area contributed by atoms with Gasteiger partial charge in [-0.3, -0.25) is 10.1 Å². The van der Waals surface area contributed by atoms with E-state index in [0.29, 0.717) is 38.4 Å². The summed E-state index contributed by atoms with van der Waals surface area (Å²) in [5.74, 6) is -0.355. The molecule has 0 bridgehead atoms. The van der Waals surface area contributed by atoms with Gasteiger partial charge in [-0.05, 0) is 24.6 Å². The summed E-state index contributed by atoms with van der Waals surface area (Å²) in [5.41, 5.74) is -0.133. The minimum Gasteiger partial charge on any atom is -0.360 e. The number of benzene rings is 1. The smallest absolute Gasteiger partial charge is 0.360 e. The van der Waals surface area contributed by atoms with E-state index in [9.17, 15) is 22.8 Å². The number of nitrogens with one attached hydrogen (secondary N) is 3. The van der Waals surface area contributed by atoms with Crippen LogP contribution in [-0.2, 0) is 11.0 Å². The number of quaternary nitrogens is 1. The number of amides is 3. The van der Waals surface area contributed by atoms with Crippen LogP contribution in [0.3, 0.4) is 0 Å². The van der Waals surface area contributed by atoms with Gasteiger partial charge >= 0.3 is 12.2 Å². The molecule has 1 heterocycles. The molecule has 0 atom stereocenters. The van der Waals surface area contributed by atoms with Crippen LogP contribution in [0.1, 0.15) is 25.3 Å². The van der Waals surface area contributed by atoms with Crippen LogP contribution in [-0.4, -0.2) is 51.2 Å². The number of urea groups is 1. The molecular weight excluding hydrogens is 361 g/mol. The van der Waals surface area contributed by atoms with Gasteiger partial charge in [-0.25, -0.2) is 4.79 Å². The van der Waals surface area contributed by atoms with Gasteiger partial charge < -0.3 is 15.1 Å². The molecule has 0 spiro atoms. The fraction of sp³-hybridized carbons (Fsp3) is 0.556. The normalized spacial score (nSPS) is 15.5. The Morgan fingerprint density at radius 1 is 1.22 bits per heavy atom. The van der Waals surface area contributed by atoms with E-state index in [1.54, 1.807) is 6.07 Å². The quantitative estimate of drug-likeness (QED) is 0.639. The van der Waals surface area contributed by atoms with Crippen molar-refractivity contribution in [1.82, 2.24) is 10.6 Å². The minimum absolute atomic E-state index is 0.164. The summed E-state index contributed by atoms with van der Waals surface area (Å²) >= 11 is 0. The summed E-state index contributed by atoms with van der Waals surface area (Å²) in [7, 11) is 0. The van der Waals surface area contributed by atoms with Crippen molar-refractivity contribution >= 4 is 17.6 Å². The SMILES string of the molecule is CCCCNC(=O)NC(=O)C[NH+]1CCN(c2cccc(C(F)(F)F)c2)CC1. The number of nitrogens with zero attached hydrogens (tertiary/aromatic N) is 1.